The number of esters is 4. The minimum absolute atomic E-state index is 0.106. The van der Waals surface area contributed by atoms with E-state index in [1.807, 2.05) is 0 Å². The summed E-state index contributed by atoms with van der Waals surface area (Å²) in [5, 5.41) is 10.6. The van der Waals surface area contributed by atoms with E-state index < -0.39 is 97.5 Å². The fraction of sp³-hybridized carbons (Fsp3) is 0.951. The van der Waals surface area contributed by atoms with Crippen LogP contribution in [-0.4, -0.2) is 96.7 Å². The fourth-order valence-corrected chi connectivity index (χ4v) is 14.1. The molecule has 0 heterocycles. The standard InChI is InChI=1S/C81H158O17P2/c1-7-10-12-14-16-18-20-22-23-24-25-26-27-28-29-30-31-33-41-47-53-59-65-80(85)97-76(69-92-79(84)64-58-52-46-40-35-34-38-44-50-56-62-74(6)9-3)71-95-99(87,88)93-67-75(82)68-94-100(89,90)96-72-77(98-81(86)66-60-54-48-42-36-37-43-49-55-61-73(4)5)70-91-78(83)63-57-51-45-39-32-21-19-17-15-13-11-8-2/h73-77,82H,7-72H2,1-6H3,(H,87,88)(H,89,90)/t74?,75-,76-,77-/m1/s1. The fourth-order valence-electron chi connectivity index (χ4n) is 12.5. The van der Waals surface area contributed by atoms with Crippen molar-refractivity contribution in [1.82, 2.24) is 0 Å². The van der Waals surface area contributed by atoms with Gasteiger partial charge in [0.25, 0.3) is 0 Å². The lowest BCUT2D eigenvalue weighted by molar-refractivity contribution is -0.161. The lowest BCUT2D eigenvalue weighted by Crippen LogP contribution is -2.30. The van der Waals surface area contributed by atoms with Crippen LogP contribution >= 0.6 is 15.6 Å². The summed E-state index contributed by atoms with van der Waals surface area (Å²) in [6.45, 7) is 9.63. The van der Waals surface area contributed by atoms with E-state index in [9.17, 15) is 43.2 Å². The van der Waals surface area contributed by atoms with Gasteiger partial charge in [-0.2, -0.15) is 0 Å². The largest absolute Gasteiger partial charge is 0.472 e. The Morgan fingerprint density at radius 3 is 0.760 bits per heavy atom. The van der Waals surface area contributed by atoms with Crippen LogP contribution in [-0.2, 0) is 65.4 Å². The summed E-state index contributed by atoms with van der Waals surface area (Å²) < 4.78 is 68.7. The summed E-state index contributed by atoms with van der Waals surface area (Å²) >= 11 is 0. The smallest absolute Gasteiger partial charge is 0.462 e. The van der Waals surface area contributed by atoms with Gasteiger partial charge in [0.1, 0.15) is 19.3 Å². The predicted molar refractivity (Wildman–Crippen MR) is 409 cm³/mol. The summed E-state index contributed by atoms with van der Waals surface area (Å²) in [6.07, 6.45) is 62.5. The van der Waals surface area contributed by atoms with Crippen LogP contribution in [0.3, 0.4) is 0 Å². The third kappa shape index (κ3) is 73.0. The third-order valence-electron chi connectivity index (χ3n) is 19.3. The van der Waals surface area contributed by atoms with Crippen LogP contribution in [0.5, 0.6) is 0 Å². The molecule has 0 aromatic rings. The van der Waals surface area contributed by atoms with Gasteiger partial charge in [-0.25, -0.2) is 9.13 Å². The van der Waals surface area contributed by atoms with Crippen LogP contribution in [0.25, 0.3) is 0 Å². The maximum atomic E-state index is 13.1. The molecule has 0 aliphatic rings. The third-order valence-corrected chi connectivity index (χ3v) is 21.2. The van der Waals surface area contributed by atoms with Crippen molar-refractivity contribution in [3.8, 4) is 0 Å². The molecule has 0 aliphatic carbocycles. The van der Waals surface area contributed by atoms with Crippen LogP contribution in [0, 0.1) is 11.8 Å². The average Bonchev–Trinajstić information content (AvgIpc) is 1.16. The van der Waals surface area contributed by atoms with Crippen LogP contribution in [0.4, 0.5) is 0 Å². The minimum Gasteiger partial charge on any atom is -0.462 e. The quantitative estimate of drug-likeness (QED) is 0.0222. The van der Waals surface area contributed by atoms with Gasteiger partial charge in [0, 0.05) is 25.7 Å². The zero-order valence-corrected chi connectivity index (χ0v) is 67.3. The molecule has 17 nitrogen and oxygen atoms in total. The van der Waals surface area contributed by atoms with Crippen molar-refractivity contribution in [1.29, 1.82) is 0 Å². The number of carbonyl (C=O) groups is 4. The van der Waals surface area contributed by atoms with Gasteiger partial charge in [-0.3, -0.25) is 37.3 Å². The van der Waals surface area contributed by atoms with Gasteiger partial charge < -0.3 is 33.8 Å². The average molecular weight is 1470 g/mol. The molecule has 594 valence electrons. The number of phosphoric acid groups is 2. The van der Waals surface area contributed by atoms with Crippen molar-refractivity contribution in [2.45, 2.75) is 445 Å². The molecule has 0 bridgehead atoms. The van der Waals surface area contributed by atoms with Gasteiger partial charge in [0.05, 0.1) is 26.4 Å². The minimum atomic E-state index is -4.96. The lowest BCUT2D eigenvalue weighted by Gasteiger charge is -2.21. The molecule has 3 N–H and O–H groups in total. The highest BCUT2D eigenvalue weighted by molar-refractivity contribution is 7.47. The van der Waals surface area contributed by atoms with E-state index in [1.54, 1.807) is 0 Å². The Morgan fingerprint density at radius 1 is 0.290 bits per heavy atom. The van der Waals surface area contributed by atoms with Gasteiger partial charge in [-0.05, 0) is 37.5 Å². The van der Waals surface area contributed by atoms with E-state index in [0.29, 0.717) is 25.7 Å². The van der Waals surface area contributed by atoms with E-state index in [2.05, 4.69) is 41.5 Å². The van der Waals surface area contributed by atoms with Gasteiger partial charge in [-0.15, -0.1) is 0 Å². The molecule has 0 aliphatic heterocycles. The Bertz CT molecular complexity index is 1930. The maximum absolute atomic E-state index is 13.1. The molecule has 0 saturated carbocycles. The first-order valence-corrected chi connectivity index (χ1v) is 45.0. The number of hydrogen-bond acceptors (Lipinski definition) is 15. The second-order valence-electron chi connectivity index (χ2n) is 29.9. The van der Waals surface area contributed by atoms with Crippen molar-refractivity contribution in [2.75, 3.05) is 39.6 Å². The zero-order chi connectivity index (χ0) is 73.5. The number of unbranched alkanes of at least 4 members (excludes halogenated alkanes) is 49. The second-order valence-corrected chi connectivity index (χ2v) is 32.8. The highest BCUT2D eigenvalue weighted by atomic mass is 31.2. The van der Waals surface area contributed by atoms with Crippen molar-refractivity contribution >= 4 is 39.5 Å². The molecular formula is C81H158O17P2. The molecule has 19 heteroatoms. The lowest BCUT2D eigenvalue weighted by atomic mass is 9.99. The molecule has 0 spiro atoms. The summed E-state index contributed by atoms with van der Waals surface area (Å²) in [5.41, 5.74) is 0. The summed E-state index contributed by atoms with van der Waals surface area (Å²) in [6, 6.07) is 0. The van der Waals surface area contributed by atoms with Gasteiger partial charge in [0.2, 0.25) is 0 Å². The Labute approximate surface area is 613 Å². The van der Waals surface area contributed by atoms with Crippen LogP contribution in [0.2, 0.25) is 0 Å². The molecule has 3 unspecified atom stereocenters. The number of ether oxygens (including phenoxy) is 4. The Kier molecular flexibility index (Phi) is 71.2. The summed E-state index contributed by atoms with van der Waals surface area (Å²) in [5.74, 6) is -0.564. The van der Waals surface area contributed by atoms with Gasteiger partial charge in [-0.1, -0.05) is 375 Å². The van der Waals surface area contributed by atoms with Crippen molar-refractivity contribution in [3.05, 3.63) is 0 Å². The van der Waals surface area contributed by atoms with E-state index in [0.717, 1.165) is 102 Å². The Balaban J connectivity index is 5.21. The molecule has 0 aromatic carbocycles. The normalized spacial score (nSPS) is 14.2. The first-order chi connectivity index (χ1) is 48.4. The monoisotopic (exact) mass is 1470 g/mol. The van der Waals surface area contributed by atoms with E-state index in [4.69, 9.17) is 37.0 Å². The van der Waals surface area contributed by atoms with E-state index >= 15 is 0 Å². The Hall–Kier alpha value is -1.94. The van der Waals surface area contributed by atoms with Crippen molar-refractivity contribution in [3.63, 3.8) is 0 Å². The van der Waals surface area contributed by atoms with E-state index in [-0.39, 0.29) is 25.7 Å². The van der Waals surface area contributed by atoms with Crippen molar-refractivity contribution < 1.29 is 80.2 Å². The van der Waals surface area contributed by atoms with E-state index in [1.165, 1.54) is 244 Å². The Morgan fingerprint density at radius 2 is 0.510 bits per heavy atom. The van der Waals surface area contributed by atoms with Crippen molar-refractivity contribution in [2.24, 2.45) is 11.8 Å². The van der Waals surface area contributed by atoms with Crippen LogP contribution < -0.4 is 0 Å². The first kappa shape index (κ1) is 98.1. The predicted octanol–water partition coefficient (Wildman–Crippen LogP) is 24.3. The topological polar surface area (TPSA) is 237 Å². The maximum Gasteiger partial charge on any atom is 0.472 e. The van der Waals surface area contributed by atoms with Crippen LogP contribution in [0.1, 0.15) is 427 Å². The van der Waals surface area contributed by atoms with Gasteiger partial charge in [0.15, 0.2) is 12.2 Å². The number of rotatable bonds is 80. The molecule has 6 atom stereocenters. The molecule has 0 saturated heterocycles. The molecule has 0 rings (SSSR count). The second kappa shape index (κ2) is 72.6. The number of aliphatic hydroxyl groups excluding tert-OH is 1. The number of carbonyl (C=O) groups excluding carboxylic acids is 4. The highest BCUT2D eigenvalue weighted by Gasteiger charge is 2.30. The highest BCUT2D eigenvalue weighted by Crippen LogP contribution is 2.45. The zero-order valence-electron chi connectivity index (χ0n) is 65.5. The first-order valence-electron chi connectivity index (χ1n) is 42.0. The molecular weight excluding hydrogens is 1310 g/mol. The number of aliphatic hydroxyl groups is 1. The number of hydrogen-bond donors (Lipinski definition) is 3. The summed E-state index contributed by atoms with van der Waals surface area (Å²) in [4.78, 5) is 73.0. The molecule has 0 amide bonds. The molecule has 0 fully saturated rings. The molecule has 100 heavy (non-hydrogen) atoms. The number of phosphoric ester groups is 2. The SMILES string of the molecule is CCCCCCCCCCCCCCCCCCCCCCCCC(=O)O[C@H](COC(=O)CCCCCCCCCCCCC(C)CC)COP(=O)(O)OC[C@@H](O)COP(=O)(O)OC[C@@H](COC(=O)CCCCCCCCCCCCCC)OC(=O)CCCCCCCCCCCC(C)C. The van der Waals surface area contributed by atoms with Gasteiger partial charge >= 0.3 is 39.5 Å². The van der Waals surface area contributed by atoms with Crippen LogP contribution in [0.15, 0.2) is 0 Å². The molecule has 0 radical (unpaired) electrons. The summed E-state index contributed by atoms with van der Waals surface area (Å²) in [7, 11) is -9.92. The molecule has 0 aromatic heterocycles.